The summed E-state index contributed by atoms with van der Waals surface area (Å²) < 4.78 is 26.3. The topological polar surface area (TPSA) is 37.4 Å². The summed E-state index contributed by atoms with van der Waals surface area (Å²) in [6.07, 6.45) is 0.962. The molecule has 0 radical (unpaired) electrons. The molecule has 1 saturated heterocycles. The average Bonchev–Trinajstić information content (AvgIpc) is 2.69. The third-order valence-corrected chi connectivity index (χ3v) is 5.36. The summed E-state index contributed by atoms with van der Waals surface area (Å²) >= 11 is 0. The van der Waals surface area contributed by atoms with E-state index in [1.54, 1.807) is 16.4 Å². The molecular formula is C13H19NO2S. The van der Waals surface area contributed by atoms with Gasteiger partial charge in [-0.25, -0.2) is 8.42 Å². The molecule has 3 nitrogen and oxygen atoms in total. The quantitative estimate of drug-likeness (QED) is 0.811. The third kappa shape index (κ3) is 2.38. The van der Waals surface area contributed by atoms with Crippen molar-refractivity contribution in [3.8, 4) is 0 Å². The predicted octanol–water partition coefficient (Wildman–Crippen LogP) is 2.33. The van der Waals surface area contributed by atoms with Crippen LogP contribution in [0.5, 0.6) is 0 Å². The zero-order valence-corrected chi connectivity index (χ0v) is 11.4. The molecule has 1 unspecified atom stereocenters. The molecule has 0 saturated carbocycles. The van der Waals surface area contributed by atoms with E-state index in [1.165, 1.54) is 0 Å². The van der Waals surface area contributed by atoms with Gasteiger partial charge >= 0.3 is 0 Å². The van der Waals surface area contributed by atoms with Crippen molar-refractivity contribution in [2.24, 2.45) is 5.92 Å². The van der Waals surface area contributed by atoms with Crippen molar-refractivity contribution in [3.05, 3.63) is 29.3 Å². The Hall–Kier alpha value is -0.870. The molecular weight excluding hydrogens is 234 g/mol. The van der Waals surface area contributed by atoms with Crippen molar-refractivity contribution >= 4 is 10.0 Å². The summed E-state index contributed by atoms with van der Waals surface area (Å²) in [7, 11) is -3.28. The molecule has 0 N–H and O–H groups in total. The molecule has 1 fully saturated rings. The molecule has 1 aliphatic rings. The molecule has 0 bridgehead atoms. The molecule has 0 aromatic heterocycles. The van der Waals surface area contributed by atoms with Crippen molar-refractivity contribution in [2.45, 2.75) is 32.1 Å². The SMILES string of the molecule is Cc1ccc(S(=O)(=O)N2CCC(C)C2)cc1C. The molecule has 4 heteroatoms. The van der Waals surface area contributed by atoms with Crippen LogP contribution in [0, 0.1) is 19.8 Å². The highest BCUT2D eigenvalue weighted by molar-refractivity contribution is 7.89. The minimum atomic E-state index is -3.28. The monoisotopic (exact) mass is 253 g/mol. The van der Waals surface area contributed by atoms with Crippen LogP contribution < -0.4 is 0 Å². The molecule has 0 spiro atoms. The lowest BCUT2D eigenvalue weighted by molar-refractivity contribution is 0.464. The summed E-state index contributed by atoms with van der Waals surface area (Å²) in [5.41, 5.74) is 2.15. The summed E-state index contributed by atoms with van der Waals surface area (Å²) in [6, 6.07) is 5.36. The van der Waals surface area contributed by atoms with Gasteiger partial charge in [0, 0.05) is 13.1 Å². The highest BCUT2D eigenvalue weighted by atomic mass is 32.2. The lowest BCUT2D eigenvalue weighted by atomic mass is 10.1. The van der Waals surface area contributed by atoms with E-state index in [0.717, 1.165) is 17.5 Å². The van der Waals surface area contributed by atoms with E-state index < -0.39 is 10.0 Å². The zero-order chi connectivity index (χ0) is 12.6. The maximum Gasteiger partial charge on any atom is 0.243 e. The molecule has 17 heavy (non-hydrogen) atoms. The minimum absolute atomic E-state index is 0.426. The number of rotatable bonds is 2. The lowest BCUT2D eigenvalue weighted by Gasteiger charge is -2.16. The second-order valence-corrected chi connectivity index (χ2v) is 6.94. The lowest BCUT2D eigenvalue weighted by Crippen LogP contribution is -2.28. The van der Waals surface area contributed by atoms with Gasteiger partial charge in [0.1, 0.15) is 0 Å². The van der Waals surface area contributed by atoms with Gasteiger partial charge < -0.3 is 0 Å². The van der Waals surface area contributed by atoms with Crippen molar-refractivity contribution < 1.29 is 8.42 Å². The van der Waals surface area contributed by atoms with Gasteiger partial charge in [-0.3, -0.25) is 0 Å². The first kappa shape index (κ1) is 12.6. The van der Waals surface area contributed by atoms with E-state index in [-0.39, 0.29) is 0 Å². The van der Waals surface area contributed by atoms with Gasteiger partial charge in [-0.05, 0) is 49.4 Å². The van der Waals surface area contributed by atoms with E-state index >= 15 is 0 Å². The van der Waals surface area contributed by atoms with E-state index in [4.69, 9.17) is 0 Å². The fourth-order valence-electron chi connectivity index (χ4n) is 2.14. The van der Waals surface area contributed by atoms with Gasteiger partial charge in [0.2, 0.25) is 10.0 Å². The Balaban J connectivity index is 2.35. The first-order valence-corrected chi connectivity index (χ1v) is 7.42. The van der Waals surface area contributed by atoms with Gasteiger partial charge in [0.25, 0.3) is 0 Å². The van der Waals surface area contributed by atoms with Gasteiger partial charge in [-0.2, -0.15) is 4.31 Å². The van der Waals surface area contributed by atoms with Crippen LogP contribution in [0.3, 0.4) is 0 Å². The van der Waals surface area contributed by atoms with E-state index in [2.05, 4.69) is 6.92 Å². The fraction of sp³-hybridized carbons (Fsp3) is 0.538. The molecule has 1 atom stereocenters. The number of benzene rings is 1. The van der Waals surface area contributed by atoms with Crippen LogP contribution in [0.1, 0.15) is 24.5 Å². The Bertz CT molecular complexity index is 522. The zero-order valence-electron chi connectivity index (χ0n) is 10.6. The van der Waals surface area contributed by atoms with Crippen LogP contribution in [0.25, 0.3) is 0 Å². The molecule has 1 heterocycles. The first-order chi connectivity index (χ1) is 7.91. The minimum Gasteiger partial charge on any atom is -0.207 e. The van der Waals surface area contributed by atoms with Gasteiger partial charge in [0.15, 0.2) is 0 Å². The van der Waals surface area contributed by atoms with Crippen molar-refractivity contribution in [3.63, 3.8) is 0 Å². The molecule has 1 aromatic rings. The Kier molecular flexibility index (Phi) is 3.27. The number of hydrogen-bond acceptors (Lipinski definition) is 2. The summed E-state index contributed by atoms with van der Waals surface area (Å²) in [6.45, 7) is 7.33. The Morgan fingerprint density at radius 1 is 1.24 bits per heavy atom. The normalized spacial score (nSPS) is 21.9. The largest absolute Gasteiger partial charge is 0.243 e. The van der Waals surface area contributed by atoms with Crippen LogP contribution in [0.2, 0.25) is 0 Å². The molecule has 1 aliphatic heterocycles. The van der Waals surface area contributed by atoms with Crippen LogP contribution >= 0.6 is 0 Å². The van der Waals surface area contributed by atoms with Crippen molar-refractivity contribution in [1.29, 1.82) is 0 Å². The van der Waals surface area contributed by atoms with Crippen LogP contribution in [-0.2, 0) is 10.0 Å². The molecule has 2 rings (SSSR count). The summed E-state index contributed by atoms with van der Waals surface area (Å²) in [5, 5.41) is 0. The third-order valence-electron chi connectivity index (χ3n) is 3.50. The Morgan fingerprint density at radius 2 is 1.94 bits per heavy atom. The van der Waals surface area contributed by atoms with Crippen molar-refractivity contribution in [1.82, 2.24) is 4.31 Å². The smallest absolute Gasteiger partial charge is 0.207 e. The maximum atomic E-state index is 12.4. The molecule has 0 aliphatic carbocycles. The predicted molar refractivity (Wildman–Crippen MR) is 68.5 cm³/mol. The number of nitrogens with zero attached hydrogens (tertiary/aromatic N) is 1. The van der Waals surface area contributed by atoms with Crippen LogP contribution in [-0.4, -0.2) is 25.8 Å². The highest BCUT2D eigenvalue weighted by Gasteiger charge is 2.30. The Morgan fingerprint density at radius 3 is 2.47 bits per heavy atom. The van der Waals surface area contributed by atoms with Crippen LogP contribution in [0.4, 0.5) is 0 Å². The van der Waals surface area contributed by atoms with E-state index in [9.17, 15) is 8.42 Å². The fourth-order valence-corrected chi connectivity index (χ4v) is 3.80. The molecule has 1 aromatic carbocycles. The van der Waals surface area contributed by atoms with Gasteiger partial charge in [0.05, 0.1) is 4.90 Å². The number of hydrogen-bond donors (Lipinski definition) is 0. The summed E-state index contributed by atoms with van der Waals surface area (Å²) in [4.78, 5) is 0.426. The van der Waals surface area contributed by atoms with Gasteiger partial charge in [-0.15, -0.1) is 0 Å². The second-order valence-electron chi connectivity index (χ2n) is 5.00. The Labute approximate surface area is 104 Å². The maximum absolute atomic E-state index is 12.4. The van der Waals surface area contributed by atoms with E-state index in [1.807, 2.05) is 19.9 Å². The molecule has 0 amide bonds. The summed E-state index contributed by atoms with van der Waals surface area (Å²) in [5.74, 6) is 0.469. The van der Waals surface area contributed by atoms with E-state index in [0.29, 0.717) is 23.9 Å². The second kappa shape index (κ2) is 4.42. The van der Waals surface area contributed by atoms with Crippen molar-refractivity contribution in [2.75, 3.05) is 13.1 Å². The standard InChI is InChI=1S/C13H19NO2S/c1-10-6-7-14(9-10)17(15,16)13-5-4-11(2)12(3)8-13/h4-5,8,10H,6-7,9H2,1-3H3. The first-order valence-electron chi connectivity index (χ1n) is 5.98. The number of sulfonamides is 1. The number of aryl methyl sites for hydroxylation is 2. The molecule has 94 valence electrons. The van der Waals surface area contributed by atoms with Crippen LogP contribution in [0.15, 0.2) is 23.1 Å². The highest BCUT2D eigenvalue weighted by Crippen LogP contribution is 2.25. The average molecular weight is 253 g/mol. The van der Waals surface area contributed by atoms with Gasteiger partial charge in [-0.1, -0.05) is 13.0 Å².